The fraction of sp³-hybridized carbons (Fsp3) is 0.565. The van der Waals surface area contributed by atoms with E-state index < -0.39 is 0 Å². The number of nitrogens with one attached hydrogen (secondary N) is 1. The highest BCUT2D eigenvalue weighted by Crippen LogP contribution is 2.22. The highest BCUT2D eigenvalue weighted by molar-refractivity contribution is 5.60. The van der Waals surface area contributed by atoms with Crippen molar-refractivity contribution in [2.24, 2.45) is 0 Å². The third-order valence-corrected chi connectivity index (χ3v) is 5.84. The van der Waals surface area contributed by atoms with Crippen LogP contribution in [0.3, 0.4) is 0 Å². The SMILES string of the molecule is CCCC(CCC)Oc1nc(N)c2ncc(Cc3cnc(N4CCNCC4)c(C)c3)n2n1. The number of ether oxygens (including phenoxy) is 1. The first kappa shape index (κ1) is 22.3. The second kappa shape index (κ2) is 10.1. The van der Waals surface area contributed by atoms with Crippen LogP contribution in [-0.4, -0.2) is 56.8 Å². The second-order valence-electron chi connectivity index (χ2n) is 8.48. The molecule has 3 aromatic rings. The van der Waals surface area contributed by atoms with Gasteiger partial charge in [-0.25, -0.2) is 14.5 Å². The summed E-state index contributed by atoms with van der Waals surface area (Å²) in [6.07, 6.45) is 8.54. The van der Waals surface area contributed by atoms with Crippen LogP contribution < -0.4 is 20.7 Å². The number of imidazole rings is 1. The molecule has 3 aromatic heterocycles. The maximum absolute atomic E-state index is 6.18. The third-order valence-electron chi connectivity index (χ3n) is 5.84. The van der Waals surface area contributed by atoms with Gasteiger partial charge in [0.05, 0.1) is 11.9 Å². The first-order valence-corrected chi connectivity index (χ1v) is 11.7. The molecule has 172 valence electrons. The van der Waals surface area contributed by atoms with Gasteiger partial charge in [-0.2, -0.15) is 4.98 Å². The van der Waals surface area contributed by atoms with Gasteiger partial charge in [0.2, 0.25) is 0 Å². The van der Waals surface area contributed by atoms with Crippen molar-refractivity contribution in [2.45, 2.75) is 59.0 Å². The molecule has 9 heteroatoms. The molecule has 0 aliphatic carbocycles. The Hall–Kier alpha value is -2.94. The van der Waals surface area contributed by atoms with Gasteiger partial charge in [0.15, 0.2) is 11.5 Å². The lowest BCUT2D eigenvalue weighted by molar-refractivity contribution is 0.161. The predicted octanol–water partition coefficient (Wildman–Crippen LogP) is 2.76. The first-order chi connectivity index (χ1) is 15.6. The van der Waals surface area contributed by atoms with Gasteiger partial charge in [-0.3, -0.25) is 0 Å². The summed E-state index contributed by atoms with van der Waals surface area (Å²) in [5, 5.41) is 8.00. The predicted molar refractivity (Wildman–Crippen MR) is 126 cm³/mol. The minimum Gasteiger partial charge on any atom is -0.459 e. The molecular formula is C23H34N8O. The van der Waals surface area contributed by atoms with Crippen LogP contribution in [0.15, 0.2) is 18.5 Å². The summed E-state index contributed by atoms with van der Waals surface area (Å²) in [6.45, 7) is 10.4. The van der Waals surface area contributed by atoms with E-state index in [1.165, 1.54) is 5.56 Å². The Kier molecular flexibility index (Phi) is 7.04. The number of piperazine rings is 1. The average molecular weight is 439 g/mol. The second-order valence-corrected chi connectivity index (χ2v) is 8.48. The molecule has 0 atom stereocenters. The molecule has 32 heavy (non-hydrogen) atoms. The molecule has 0 amide bonds. The summed E-state index contributed by atoms with van der Waals surface area (Å²) in [7, 11) is 0. The van der Waals surface area contributed by atoms with Crippen LogP contribution in [0.25, 0.3) is 5.65 Å². The smallest absolute Gasteiger partial charge is 0.336 e. The van der Waals surface area contributed by atoms with Crippen LogP contribution in [0.2, 0.25) is 0 Å². The minimum absolute atomic E-state index is 0.0956. The van der Waals surface area contributed by atoms with E-state index in [0.29, 0.717) is 23.9 Å². The minimum atomic E-state index is 0.0956. The lowest BCUT2D eigenvalue weighted by atomic mass is 10.1. The topological polar surface area (TPSA) is 106 Å². The Morgan fingerprint density at radius 2 is 1.88 bits per heavy atom. The monoisotopic (exact) mass is 438 g/mol. The Morgan fingerprint density at radius 3 is 2.56 bits per heavy atom. The van der Waals surface area contributed by atoms with Gasteiger partial charge in [0.1, 0.15) is 11.9 Å². The molecule has 0 bridgehead atoms. The molecular weight excluding hydrogens is 404 g/mol. The Bertz CT molecular complexity index is 1040. The maximum Gasteiger partial charge on any atom is 0.336 e. The number of rotatable bonds is 9. The standard InChI is InChI=1S/C23H34N8O/c1-4-6-19(7-5-2)32-23-28-20(24)22-27-15-18(31(22)29-23)13-17-12-16(3)21(26-14-17)30-10-8-25-9-11-30/h12,14-15,19,25H,4-11,13H2,1-3H3,(H2,24,28,29). The maximum atomic E-state index is 6.18. The number of aromatic nitrogens is 5. The molecule has 3 N–H and O–H groups in total. The number of nitrogens with two attached hydrogens (primary N) is 1. The van der Waals surface area contributed by atoms with Gasteiger partial charge < -0.3 is 20.7 Å². The van der Waals surface area contributed by atoms with E-state index in [1.807, 2.05) is 6.20 Å². The number of nitrogens with zero attached hydrogens (tertiary/aromatic N) is 6. The van der Waals surface area contributed by atoms with Crippen molar-refractivity contribution < 1.29 is 4.74 Å². The number of anilines is 2. The van der Waals surface area contributed by atoms with Crippen molar-refractivity contribution in [3.63, 3.8) is 0 Å². The number of pyridine rings is 1. The van der Waals surface area contributed by atoms with Crippen molar-refractivity contribution in [1.29, 1.82) is 0 Å². The van der Waals surface area contributed by atoms with Gasteiger partial charge in [-0.1, -0.05) is 32.8 Å². The summed E-state index contributed by atoms with van der Waals surface area (Å²) >= 11 is 0. The molecule has 0 aromatic carbocycles. The summed E-state index contributed by atoms with van der Waals surface area (Å²) in [5.74, 6) is 1.39. The molecule has 4 heterocycles. The van der Waals surface area contributed by atoms with Gasteiger partial charge in [-0.05, 0) is 30.9 Å². The summed E-state index contributed by atoms with van der Waals surface area (Å²) < 4.78 is 7.84. The highest BCUT2D eigenvalue weighted by atomic mass is 16.5. The summed E-state index contributed by atoms with van der Waals surface area (Å²) in [5.41, 5.74) is 9.95. The molecule has 0 saturated carbocycles. The fourth-order valence-electron chi connectivity index (χ4n) is 4.29. The molecule has 0 unspecified atom stereocenters. The van der Waals surface area contributed by atoms with Gasteiger partial charge >= 0.3 is 6.01 Å². The normalized spacial score (nSPS) is 14.4. The van der Waals surface area contributed by atoms with E-state index in [1.54, 1.807) is 10.7 Å². The van der Waals surface area contributed by atoms with Crippen LogP contribution >= 0.6 is 0 Å². The number of nitrogen functional groups attached to an aromatic ring is 1. The van der Waals surface area contributed by atoms with Gasteiger partial charge in [-0.15, -0.1) is 5.10 Å². The molecule has 0 spiro atoms. The van der Waals surface area contributed by atoms with E-state index in [0.717, 1.165) is 68.9 Å². The molecule has 9 nitrogen and oxygen atoms in total. The lowest BCUT2D eigenvalue weighted by Gasteiger charge is -2.29. The van der Waals surface area contributed by atoms with Crippen molar-refractivity contribution in [1.82, 2.24) is 29.9 Å². The first-order valence-electron chi connectivity index (χ1n) is 11.7. The zero-order chi connectivity index (χ0) is 22.5. The highest BCUT2D eigenvalue weighted by Gasteiger charge is 2.17. The Labute approximate surface area is 189 Å². The number of aryl methyl sites for hydroxylation is 1. The van der Waals surface area contributed by atoms with E-state index in [2.05, 4.69) is 52.1 Å². The number of fused-ring (bicyclic) bond motifs is 1. The zero-order valence-electron chi connectivity index (χ0n) is 19.3. The summed E-state index contributed by atoms with van der Waals surface area (Å²) in [6, 6.07) is 2.51. The average Bonchev–Trinajstić information content (AvgIpc) is 3.18. The van der Waals surface area contributed by atoms with Crippen LogP contribution in [0, 0.1) is 6.92 Å². The van der Waals surface area contributed by atoms with Crippen LogP contribution in [0.1, 0.15) is 56.4 Å². The zero-order valence-corrected chi connectivity index (χ0v) is 19.3. The van der Waals surface area contributed by atoms with Crippen LogP contribution in [0.4, 0.5) is 11.6 Å². The Morgan fingerprint density at radius 1 is 1.12 bits per heavy atom. The molecule has 1 fully saturated rings. The van der Waals surface area contributed by atoms with Crippen molar-refractivity contribution in [2.75, 3.05) is 36.8 Å². The van der Waals surface area contributed by atoms with Gasteiger partial charge in [0, 0.05) is 38.8 Å². The quantitative estimate of drug-likeness (QED) is 0.525. The van der Waals surface area contributed by atoms with Crippen LogP contribution in [0.5, 0.6) is 6.01 Å². The fourth-order valence-corrected chi connectivity index (χ4v) is 4.29. The van der Waals surface area contributed by atoms with E-state index in [4.69, 9.17) is 15.5 Å². The Balaban J connectivity index is 1.56. The molecule has 1 aliphatic rings. The van der Waals surface area contributed by atoms with Crippen molar-refractivity contribution >= 4 is 17.3 Å². The molecule has 4 rings (SSSR count). The van der Waals surface area contributed by atoms with Gasteiger partial charge in [0.25, 0.3) is 0 Å². The van der Waals surface area contributed by atoms with Crippen LogP contribution in [-0.2, 0) is 6.42 Å². The third kappa shape index (κ3) is 4.93. The lowest BCUT2D eigenvalue weighted by Crippen LogP contribution is -2.44. The summed E-state index contributed by atoms with van der Waals surface area (Å²) in [4.78, 5) is 15.9. The van der Waals surface area contributed by atoms with E-state index in [9.17, 15) is 0 Å². The molecule has 1 aliphatic heterocycles. The van der Waals surface area contributed by atoms with E-state index in [-0.39, 0.29) is 6.10 Å². The van der Waals surface area contributed by atoms with E-state index >= 15 is 0 Å². The molecule has 0 radical (unpaired) electrons. The number of hydrogen-bond donors (Lipinski definition) is 2. The number of hydrogen-bond acceptors (Lipinski definition) is 8. The largest absolute Gasteiger partial charge is 0.459 e. The molecule has 1 saturated heterocycles. The van der Waals surface area contributed by atoms with Crippen molar-refractivity contribution in [3.05, 3.63) is 35.3 Å². The van der Waals surface area contributed by atoms with Crippen molar-refractivity contribution in [3.8, 4) is 6.01 Å².